The van der Waals surface area contributed by atoms with Crippen LogP contribution in [0.15, 0.2) is 36.4 Å². The molecule has 0 unspecified atom stereocenters. The molecule has 100 valence electrons. The smallest absolute Gasteiger partial charge is 0.266 e. The maximum atomic E-state index is 13.4. The number of anilines is 2. The summed E-state index contributed by atoms with van der Waals surface area (Å²) in [6.45, 7) is 0. The van der Waals surface area contributed by atoms with Gasteiger partial charge < -0.3 is 5.73 Å². The van der Waals surface area contributed by atoms with Crippen molar-refractivity contribution in [2.24, 2.45) is 0 Å². The number of carbonyl (C=O) groups excluding carboxylic acids is 2. The van der Waals surface area contributed by atoms with E-state index in [1.165, 1.54) is 24.3 Å². The molecule has 1 heterocycles. The Morgan fingerprint density at radius 1 is 1.00 bits per heavy atom. The molecule has 2 N–H and O–H groups in total. The Bertz CT molecular complexity index is 741. The third-order valence-electron chi connectivity index (χ3n) is 3.02. The van der Waals surface area contributed by atoms with Crippen LogP contribution in [0, 0.1) is 5.82 Å². The van der Waals surface area contributed by atoms with Gasteiger partial charge in [-0.15, -0.1) is 0 Å². The zero-order chi connectivity index (χ0) is 14.4. The molecule has 0 radical (unpaired) electrons. The Morgan fingerprint density at radius 3 is 2.40 bits per heavy atom. The molecule has 2 aromatic carbocycles. The predicted octanol–water partition coefficient (Wildman–Crippen LogP) is 2.86. The second-order valence-electron chi connectivity index (χ2n) is 4.38. The number of halogens is 2. The van der Waals surface area contributed by atoms with Crippen LogP contribution in [0.4, 0.5) is 15.8 Å². The summed E-state index contributed by atoms with van der Waals surface area (Å²) in [5.74, 6) is -1.69. The lowest BCUT2D eigenvalue weighted by Gasteiger charge is -2.14. The number of nitrogens with two attached hydrogens (primary N) is 1. The van der Waals surface area contributed by atoms with Gasteiger partial charge in [-0.25, -0.2) is 9.29 Å². The number of carbonyl (C=O) groups is 2. The van der Waals surface area contributed by atoms with Gasteiger partial charge in [0, 0.05) is 10.7 Å². The number of benzene rings is 2. The summed E-state index contributed by atoms with van der Waals surface area (Å²) in [6, 6.07) is 7.97. The fraction of sp³-hybridized carbons (Fsp3) is 0. The van der Waals surface area contributed by atoms with Crippen LogP contribution in [-0.2, 0) is 0 Å². The van der Waals surface area contributed by atoms with Crippen molar-refractivity contribution >= 4 is 34.8 Å². The fourth-order valence-corrected chi connectivity index (χ4v) is 2.38. The first-order valence-corrected chi connectivity index (χ1v) is 6.09. The summed E-state index contributed by atoms with van der Waals surface area (Å²) < 4.78 is 13.4. The van der Waals surface area contributed by atoms with Gasteiger partial charge in [0.1, 0.15) is 5.82 Å². The number of nitrogen functional groups attached to an aromatic ring is 1. The molecule has 2 amide bonds. The highest BCUT2D eigenvalue weighted by Crippen LogP contribution is 2.31. The number of nitrogens with zero attached hydrogens (tertiary/aromatic N) is 1. The van der Waals surface area contributed by atoms with Crippen LogP contribution in [0.3, 0.4) is 0 Å². The van der Waals surface area contributed by atoms with Gasteiger partial charge in [-0.1, -0.05) is 11.6 Å². The van der Waals surface area contributed by atoms with E-state index < -0.39 is 17.6 Å². The highest BCUT2D eigenvalue weighted by Gasteiger charge is 2.36. The molecule has 0 saturated carbocycles. The SMILES string of the molecule is Nc1ccc2c(c1)C(=O)N(c1cc(F)cc(Cl)c1)C2=O. The van der Waals surface area contributed by atoms with E-state index in [0.29, 0.717) is 5.69 Å². The number of imide groups is 1. The minimum absolute atomic E-state index is 0.0970. The second-order valence-corrected chi connectivity index (χ2v) is 4.81. The summed E-state index contributed by atoms with van der Waals surface area (Å²) in [4.78, 5) is 25.4. The van der Waals surface area contributed by atoms with Crippen LogP contribution in [0.1, 0.15) is 20.7 Å². The molecule has 2 aromatic rings. The van der Waals surface area contributed by atoms with Crippen molar-refractivity contribution in [1.82, 2.24) is 0 Å². The quantitative estimate of drug-likeness (QED) is 0.649. The summed E-state index contributed by atoms with van der Waals surface area (Å²) in [5, 5.41) is 0.107. The van der Waals surface area contributed by atoms with Gasteiger partial charge in [0.15, 0.2) is 0 Å². The average molecular weight is 291 g/mol. The minimum atomic E-state index is -0.622. The molecule has 1 aliphatic heterocycles. The third kappa shape index (κ3) is 1.83. The first-order chi connectivity index (χ1) is 9.47. The molecule has 3 rings (SSSR count). The predicted molar refractivity (Wildman–Crippen MR) is 73.4 cm³/mol. The first-order valence-electron chi connectivity index (χ1n) is 5.72. The number of hydrogen-bond acceptors (Lipinski definition) is 3. The van der Waals surface area contributed by atoms with E-state index in [4.69, 9.17) is 17.3 Å². The monoisotopic (exact) mass is 290 g/mol. The summed E-state index contributed by atoms with van der Waals surface area (Å²) in [7, 11) is 0. The lowest BCUT2D eigenvalue weighted by molar-refractivity contribution is 0.0926. The van der Waals surface area contributed by atoms with Gasteiger partial charge in [-0.05, 0) is 36.4 Å². The van der Waals surface area contributed by atoms with Gasteiger partial charge >= 0.3 is 0 Å². The molecule has 0 atom stereocenters. The van der Waals surface area contributed by atoms with E-state index in [9.17, 15) is 14.0 Å². The van der Waals surface area contributed by atoms with E-state index in [1.807, 2.05) is 0 Å². The largest absolute Gasteiger partial charge is 0.399 e. The van der Waals surface area contributed by atoms with Crippen LogP contribution in [0.5, 0.6) is 0 Å². The van der Waals surface area contributed by atoms with E-state index in [1.54, 1.807) is 0 Å². The van der Waals surface area contributed by atoms with Crippen molar-refractivity contribution in [2.45, 2.75) is 0 Å². The molecule has 1 aliphatic rings. The molecule has 0 spiro atoms. The Hall–Kier alpha value is -2.40. The maximum Gasteiger partial charge on any atom is 0.266 e. The summed E-state index contributed by atoms with van der Waals surface area (Å²) in [6.07, 6.45) is 0. The van der Waals surface area contributed by atoms with Crippen LogP contribution in [0.2, 0.25) is 5.02 Å². The third-order valence-corrected chi connectivity index (χ3v) is 3.23. The Balaban J connectivity index is 2.14. The van der Waals surface area contributed by atoms with Crippen molar-refractivity contribution in [3.63, 3.8) is 0 Å². The molecule has 0 bridgehead atoms. The van der Waals surface area contributed by atoms with Gasteiger partial charge in [0.25, 0.3) is 11.8 Å². The summed E-state index contributed by atoms with van der Waals surface area (Å²) in [5.41, 5.74) is 6.53. The minimum Gasteiger partial charge on any atom is -0.399 e. The van der Waals surface area contributed by atoms with E-state index in [-0.39, 0.29) is 21.8 Å². The highest BCUT2D eigenvalue weighted by molar-refractivity contribution is 6.35. The molecule has 0 aromatic heterocycles. The molecule has 0 aliphatic carbocycles. The Labute approximate surface area is 118 Å². The normalized spacial score (nSPS) is 13.8. The van der Waals surface area contributed by atoms with Crippen molar-refractivity contribution in [3.05, 3.63) is 58.4 Å². The van der Waals surface area contributed by atoms with E-state index in [2.05, 4.69) is 0 Å². The average Bonchev–Trinajstić information content (AvgIpc) is 2.60. The fourth-order valence-electron chi connectivity index (χ4n) is 2.16. The van der Waals surface area contributed by atoms with Crippen molar-refractivity contribution in [3.8, 4) is 0 Å². The molecule has 0 saturated heterocycles. The number of fused-ring (bicyclic) bond motifs is 1. The lowest BCUT2D eigenvalue weighted by atomic mass is 10.1. The van der Waals surface area contributed by atoms with Crippen LogP contribution in [-0.4, -0.2) is 11.8 Å². The number of hydrogen-bond donors (Lipinski definition) is 1. The first kappa shape index (κ1) is 12.6. The van der Waals surface area contributed by atoms with E-state index >= 15 is 0 Å². The summed E-state index contributed by atoms with van der Waals surface area (Å²) >= 11 is 5.75. The molecule has 0 fully saturated rings. The highest BCUT2D eigenvalue weighted by atomic mass is 35.5. The number of rotatable bonds is 1. The van der Waals surface area contributed by atoms with Crippen LogP contribution >= 0.6 is 11.6 Å². The van der Waals surface area contributed by atoms with Gasteiger partial charge in [0.05, 0.1) is 16.8 Å². The van der Waals surface area contributed by atoms with Crippen LogP contribution < -0.4 is 10.6 Å². The maximum absolute atomic E-state index is 13.4. The van der Waals surface area contributed by atoms with E-state index in [0.717, 1.165) is 17.0 Å². The molecule has 6 heteroatoms. The van der Waals surface area contributed by atoms with Gasteiger partial charge in [0.2, 0.25) is 0 Å². The van der Waals surface area contributed by atoms with Gasteiger partial charge in [-0.2, -0.15) is 0 Å². The standard InChI is InChI=1S/C14H8ClFN2O2/c15-7-3-8(16)5-10(4-7)18-13(19)11-2-1-9(17)6-12(11)14(18)20/h1-6H,17H2. The lowest BCUT2D eigenvalue weighted by Crippen LogP contribution is -2.29. The Kier molecular flexibility index (Phi) is 2.72. The number of amides is 2. The zero-order valence-corrected chi connectivity index (χ0v) is 10.8. The molecular formula is C14H8ClFN2O2. The zero-order valence-electron chi connectivity index (χ0n) is 10.1. The van der Waals surface area contributed by atoms with Crippen LogP contribution in [0.25, 0.3) is 0 Å². The Morgan fingerprint density at radius 2 is 1.70 bits per heavy atom. The molecule has 4 nitrogen and oxygen atoms in total. The molecular weight excluding hydrogens is 283 g/mol. The molecule has 20 heavy (non-hydrogen) atoms. The second kappa shape index (κ2) is 4.31. The van der Waals surface area contributed by atoms with Crippen molar-refractivity contribution in [2.75, 3.05) is 10.6 Å². The van der Waals surface area contributed by atoms with Crippen molar-refractivity contribution < 1.29 is 14.0 Å². The van der Waals surface area contributed by atoms with Crippen molar-refractivity contribution in [1.29, 1.82) is 0 Å². The van der Waals surface area contributed by atoms with Gasteiger partial charge in [-0.3, -0.25) is 9.59 Å². The topological polar surface area (TPSA) is 63.4 Å².